The molecule has 0 spiro atoms. The third-order valence-electron chi connectivity index (χ3n) is 9.88. The predicted octanol–water partition coefficient (Wildman–Crippen LogP) is 6.02. The van der Waals surface area contributed by atoms with Crippen molar-refractivity contribution in [2.75, 3.05) is 6.61 Å². The minimum absolute atomic E-state index is 0.00625. The van der Waals surface area contributed by atoms with Crippen LogP contribution in [0.15, 0.2) is 41.4 Å². The van der Waals surface area contributed by atoms with Crippen molar-refractivity contribution in [3.8, 4) is 11.5 Å². The van der Waals surface area contributed by atoms with Gasteiger partial charge in [-0.2, -0.15) is 13.2 Å². The van der Waals surface area contributed by atoms with Crippen molar-refractivity contribution >= 4 is 17.8 Å². The lowest BCUT2D eigenvalue weighted by Crippen LogP contribution is -2.51. The van der Waals surface area contributed by atoms with Gasteiger partial charge in [-0.3, -0.25) is 14.9 Å². The Morgan fingerprint density at radius 3 is 2.62 bits per heavy atom. The van der Waals surface area contributed by atoms with E-state index in [-0.39, 0.29) is 42.6 Å². The van der Waals surface area contributed by atoms with Crippen molar-refractivity contribution < 1.29 is 32.2 Å². The van der Waals surface area contributed by atoms with Gasteiger partial charge in [-0.15, -0.1) is 0 Å². The van der Waals surface area contributed by atoms with Gasteiger partial charge in [-0.25, -0.2) is 4.99 Å². The van der Waals surface area contributed by atoms with Crippen molar-refractivity contribution in [2.45, 2.75) is 107 Å². The summed E-state index contributed by atoms with van der Waals surface area (Å²) in [4.78, 5) is 29.7. The van der Waals surface area contributed by atoms with E-state index >= 15 is 13.2 Å². The fraction of sp³-hybridized carbons (Fsp3) is 0.559. The zero-order valence-electron chi connectivity index (χ0n) is 25.8. The number of fused-ring (bicyclic) bond motifs is 2. The molecule has 3 heterocycles. The molecule has 8 nitrogen and oxygen atoms in total. The van der Waals surface area contributed by atoms with Gasteiger partial charge in [0, 0.05) is 24.0 Å². The highest BCUT2D eigenvalue weighted by molar-refractivity contribution is 5.98. The standard InChI is InChI=1S/C34H41F3N4O4/c1-32(2)19-26(40-30(43)21-10-12-27-20(16-21)6-5-15-44-27)25-17-23(11-13-28(25)45-32)33(34(35,36)37,22-7-3-8-22)14-4-9-24-18-29(42)41-31(38)39-24/h10-13,16-17,22,24,26H,3-9,14-15,18-19H2,1-2H3,(H,40,43)(H3,38,39,41,42). The SMILES string of the molecule is CC1(C)CC(NC(=O)c2ccc3c(c2)CCCO3)c2cc(C(CCCC3CC(=O)NC(N)=N3)(C3CCC3)C(F)(F)F)ccc2O1. The van der Waals surface area contributed by atoms with Crippen LogP contribution < -0.4 is 25.8 Å². The van der Waals surface area contributed by atoms with Crippen LogP contribution in [-0.2, 0) is 16.6 Å². The van der Waals surface area contributed by atoms with Crippen LogP contribution in [0.3, 0.4) is 0 Å². The second-order valence-corrected chi connectivity index (χ2v) is 13.5. The van der Waals surface area contributed by atoms with Gasteiger partial charge in [-0.05, 0) is 99.7 Å². The number of benzene rings is 2. The number of halogens is 3. The number of rotatable bonds is 8. The Kier molecular flexibility index (Phi) is 8.24. The molecule has 2 aromatic rings. The molecule has 1 fully saturated rings. The number of hydrogen-bond donors (Lipinski definition) is 3. The number of nitrogens with two attached hydrogens (primary N) is 1. The fourth-order valence-electron chi connectivity index (χ4n) is 7.49. The zero-order chi connectivity index (χ0) is 32.0. The van der Waals surface area contributed by atoms with Gasteiger partial charge in [-0.1, -0.05) is 18.9 Å². The van der Waals surface area contributed by atoms with E-state index in [1.54, 1.807) is 30.3 Å². The Hall–Kier alpha value is -3.76. The number of carbonyl (C=O) groups is 2. The second-order valence-electron chi connectivity index (χ2n) is 13.5. The van der Waals surface area contributed by atoms with E-state index in [0.29, 0.717) is 49.2 Å². The smallest absolute Gasteiger partial charge is 0.398 e. The molecule has 4 N–H and O–H groups in total. The van der Waals surface area contributed by atoms with Gasteiger partial charge in [0.25, 0.3) is 5.91 Å². The first-order chi connectivity index (χ1) is 21.3. The fourth-order valence-corrected chi connectivity index (χ4v) is 7.49. The molecule has 0 radical (unpaired) electrons. The second kappa shape index (κ2) is 11.9. The maximum atomic E-state index is 15.4. The monoisotopic (exact) mass is 626 g/mol. The maximum Gasteiger partial charge on any atom is 0.398 e. The molecule has 11 heteroatoms. The molecule has 4 aliphatic rings. The summed E-state index contributed by atoms with van der Waals surface area (Å²) in [5, 5.41) is 5.56. The van der Waals surface area contributed by atoms with Gasteiger partial charge in [0.1, 0.15) is 17.1 Å². The molecular formula is C34H41F3N4O4. The van der Waals surface area contributed by atoms with E-state index in [0.717, 1.165) is 30.6 Å². The number of nitrogens with one attached hydrogen (secondary N) is 2. The van der Waals surface area contributed by atoms with Crippen molar-refractivity contribution in [1.82, 2.24) is 10.6 Å². The molecule has 6 rings (SSSR count). The normalized spacial score (nSPS) is 23.9. The lowest BCUT2D eigenvalue weighted by atomic mass is 9.59. The Balaban J connectivity index is 1.31. The third kappa shape index (κ3) is 6.22. The first-order valence-electron chi connectivity index (χ1n) is 15.9. The number of aliphatic imine (C=N–C) groups is 1. The van der Waals surface area contributed by atoms with Crippen molar-refractivity contribution in [3.63, 3.8) is 0 Å². The molecule has 3 unspecified atom stereocenters. The molecule has 3 aliphatic heterocycles. The number of nitrogens with zero attached hydrogens (tertiary/aromatic N) is 1. The maximum absolute atomic E-state index is 15.4. The van der Waals surface area contributed by atoms with Crippen molar-refractivity contribution in [1.29, 1.82) is 0 Å². The summed E-state index contributed by atoms with van der Waals surface area (Å²) >= 11 is 0. The molecule has 0 aromatic heterocycles. The van der Waals surface area contributed by atoms with Crippen LogP contribution in [-0.4, -0.2) is 42.2 Å². The summed E-state index contributed by atoms with van der Waals surface area (Å²) in [6, 6.07) is 9.18. The highest BCUT2D eigenvalue weighted by Gasteiger charge is 2.61. The average Bonchev–Trinajstić information content (AvgIpc) is 2.93. The number of amides is 2. The number of alkyl halides is 3. The summed E-state index contributed by atoms with van der Waals surface area (Å²) in [7, 11) is 0. The van der Waals surface area contributed by atoms with Gasteiger partial charge in [0.2, 0.25) is 5.91 Å². The summed E-state index contributed by atoms with van der Waals surface area (Å²) in [5.74, 6) is 0.128. The molecule has 3 atom stereocenters. The number of carbonyl (C=O) groups excluding carboxylic acids is 2. The van der Waals surface area contributed by atoms with Crippen LogP contribution in [0, 0.1) is 5.92 Å². The lowest BCUT2D eigenvalue weighted by Gasteiger charge is -2.48. The summed E-state index contributed by atoms with van der Waals surface area (Å²) in [6.07, 6.45) is -0.173. The van der Waals surface area contributed by atoms with Gasteiger partial charge in [0.05, 0.1) is 24.1 Å². The van der Waals surface area contributed by atoms with Crippen LogP contribution in [0.5, 0.6) is 11.5 Å². The Bertz CT molecular complexity index is 1500. The van der Waals surface area contributed by atoms with Crippen LogP contribution in [0.1, 0.15) is 105 Å². The average molecular weight is 627 g/mol. The lowest BCUT2D eigenvalue weighted by molar-refractivity contribution is -0.218. The van der Waals surface area contributed by atoms with E-state index in [1.165, 1.54) is 0 Å². The number of aryl methyl sites for hydroxylation is 1. The van der Waals surface area contributed by atoms with E-state index in [4.69, 9.17) is 15.2 Å². The highest BCUT2D eigenvalue weighted by atomic mass is 19.4. The molecule has 2 amide bonds. The summed E-state index contributed by atoms with van der Waals surface area (Å²) < 4.78 is 58.2. The highest BCUT2D eigenvalue weighted by Crippen LogP contribution is 2.57. The first kappa shape index (κ1) is 31.2. The first-order valence-corrected chi connectivity index (χ1v) is 15.9. The molecule has 2 aromatic carbocycles. The number of ether oxygens (including phenoxy) is 2. The molecular weight excluding hydrogens is 585 g/mol. The molecule has 0 bridgehead atoms. The van der Waals surface area contributed by atoms with Gasteiger partial charge < -0.3 is 20.5 Å². The van der Waals surface area contributed by atoms with Crippen molar-refractivity contribution in [2.24, 2.45) is 16.6 Å². The van der Waals surface area contributed by atoms with Gasteiger partial charge in [0.15, 0.2) is 5.96 Å². The number of hydrogen-bond acceptors (Lipinski definition) is 6. The Labute approximate surface area is 261 Å². The molecule has 1 aliphatic carbocycles. The summed E-state index contributed by atoms with van der Waals surface area (Å²) in [5.41, 5.74) is 5.19. The minimum Gasteiger partial charge on any atom is -0.493 e. The van der Waals surface area contributed by atoms with E-state index in [2.05, 4.69) is 15.6 Å². The zero-order valence-corrected chi connectivity index (χ0v) is 25.8. The molecule has 1 saturated carbocycles. The molecule has 45 heavy (non-hydrogen) atoms. The van der Waals surface area contributed by atoms with Crippen molar-refractivity contribution in [3.05, 3.63) is 58.7 Å². The molecule has 0 saturated heterocycles. The molecule has 242 valence electrons. The van der Waals surface area contributed by atoms with Gasteiger partial charge >= 0.3 is 6.18 Å². The third-order valence-corrected chi connectivity index (χ3v) is 9.88. The van der Waals surface area contributed by atoms with E-state index in [9.17, 15) is 9.59 Å². The number of guanidine groups is 1. The topological polar surface area (TPSA) is 115 Å². The predicted molar refractivity (Wildman–Crippen MR) is 163 cm³/mol. The largest absolute Gasteiger partial charge is 0.493 e. The minimum atomic E-state index is -4.52. The van der Waals surface area contributed by atoms with E-state index < -0.39 is 35.2 Å². The summed E-state index contributed by atoms with van der Waals surface area (Å²) in [6.45, 7) is 4.47. The van der Waals surface area contributed by atoms with Crippen LogP contribution in [0.2, 0.25) is 0 Å². The van der Waals surface area contributed by atoms with Crippen LogP contribution >= 0.6 is 0 Å². The Morgan fingerprint density at radius 1 is 1.13 bits per heavy atom. The van der Waals surface area contributed by atoms with Crippen LogP contribution in [0.4, 0.5) is 13.2 Å². The van der Waals surface area contributed by atoms with E-state index in [1.807, 2.05) is 19.9 Å². The quantitative estimate of drug-likeness (QED) is 0.332. The Morgan fingerprint density at radius 2 is 1.91 bits per heavy atom. The van der Waals surface area contributed by atoms with Crippen LogP contribution in [0.25, 0.3) is 0 Å².